The van der Waals surface area contributed by atoms with Crippen molar-refractivity contribution in [2.24, 2.45) is 0 Å². The Kier molecular flexibility index (Phi) is 6.21. The average molecular weight is 366 g/mol. The van der Waals surface area contributed by atoms with E-state index < -0.39 is 23.6 Å². The number of alkyl halides is 3. The van der Waals surface area contributed by atoms with Crippen molar-refractivity contribution in [3.05, 3.63) is 59.7 Å². The quantitative estimate of drug-likeness (QED) is 0.760. The first kappa shape index (κ1) is 19.3. The molecule has 0 saturated carbocycles. The minimum Gasteiger partial charge on any atom is -0.462 e. The van der Waals surface area contributed by atoms with Crippen LogP contribution in [0.4, 0.5) is 24.5 Å². The minimum atomic E-state index is -4.51. The zero-order chi connectivity index (χ0) is 19.2. The van der Waals surface area contributed by atoms with E-state index in [-0.39, 0.29) is 18.8 Å². The van der Waals surface area contributed by atoms with E-state index in [4.69, 9.17) is 4.74 Å². The Morgan fingerprint density at radius 1 is 1.04 bits per heavy atom. The molecule has 2 N–H and O–H groups in total. The van der Waals surface area contributed by atoms with Gasteiger partial charge in [0.05, 0.1) is 24.3 Å². The first-order valence-electron chi connectivity index (χ1n) is 7.78. The van der Waals surface area contributed by atoms with Crippen molar-refractivity contribution in [3.63, 3.8) is 0 Å². The number of rotatable bonds is 6. The van der Waals surface area contributed by atoms with Gasteiger partial charge in [-0.2, -0.15) is 13.2 Å². The van der Waals surface area contributed by atoms with Crippen LogP contribution in [0.15, 0.2) is 48.5 Å². The zero-order valence-electron chi connectivity index (χ0n) is 13.9. The maximum absolute atomic E-state index is 12.9. The van der Waals surface area contributed by atoms with Gasteiger partial charge in [0, 0.05) is 11.4 Å². The second kappa shape index (κ2) is 8.37. The second-order valence-electron chi connectivity index (χ2n) is 5.24. The Labute approximate surface area is 148 Å². The summed E-state index contributed by atoms with van der Waals surface area (Å²) in [4.78, 5) is 23.5. The molecule has 1 amide bonds. The van der Waals surface area contributed by atoms with Gasteiger partial charge in [-0.25, -0.2) is 4.79 Å². The van der Waals surface area contributed by atoms with E-state index in [1.165, 1.54) is 42.5 Å². The number of hydrogen-bond donors (Lipinski definition) is 2. The van der Waals surface area contributed by atoms with Crippen LogP contribution in [0.5, 0.6) is 0 Å². The number of ether oxygens (including phenoxy) is 1. The molecule has 0 aliphatic heterocycles. The Hall–Kier alpha value is -3.03. The fraction of sp³-hybridized carbons (Fsp3) is 0.222. The molecule has 8 heteroatoms. The number of carbonyl (C=O) groups is 2. The van der Waals surface area contributed by atoms with Gasteiger partial charge < -0.3 is 15.4 Å². The van der Waals surface area contributed by atoms with E-state index in [9.17, 15) is 22.8 Å². The number of benzene rings is 2. The van der Waals surface area contributed by atoms with Crippen LogP contribution in [0.1, 0.15) is 22.8 Å². The molecule has 0 aliphatic rings. The average Bonchev–Trinajstić information content (AvgIpc) is 2.60. The van der Waals surface area contributed by atoms with Crippen LogP contribution in [-0.4, -0.2) is 25.0 Å². The van der Waals surface area contributed by atoms with Crippen LogP contribution >= 0.6 is 0 Å². The largest absolute Gasteiger partial charge is 0.462 e. The summed E-state index contributed by atoms with van der Waals surface area (Å²) in [7, 11) is 0. The van der Waals surface area contributed by atoms with Crippen molar-refractivity contribution >= 4 is 23.3 Å². The van der Waals surface area contributed by atoms with Crippen LogP contribution in [0, 0.1) is 0 Å². The second-order valence-corrected chi connectivity index (χ2v) is 5.24. The predicted molar refractivity (Wildman–Crippen MR) is 91.0 cm³/mol. The number of hydrogen-bond acceptors (Lipinski definition) is 4. The highest BCUT2D eigenvalue weighted by atomic mass is 19.4. The van der Waals surface area contributed by atoms with Gasteiger partial charge in [-0.15, -0.1) is 0 Å². The molecule has 0 heterocycles. The molecule has 0 saturated heterocycles. The SMILES string of the molecule is CCOC(=O)c1ccc(NC(=O)CNc2ccccc2C(F)(F)F)cc1. The van der Waals surface area contributed by atoms with Crippen molar-refractivity contribution in [1.29, 1.82) is 0 Å². The number of amides is 1. The summed E-state index contributed by atoms with van der Waals surface area (Å²) in [6.07, 6.45) is -4.51. The minimum absolute atomic E-state index is 0.173. The van der Waals surface area contributed by atoms with Crippen LogP contribution in [0.2, 0.25) is 0 Å². The van der Waals surface area contributed by atoms with E-state index in [0.29, 0.717) is 11.3 Å². The summed E-state index contributed by atoms with van der Waals surface area (Å²) in [6.45, 7) is 1.60. The first-order valence-corrected chi connectivity index (χ1v) is 7.78. The molecule has 0 fully saturated rings. The molecule has 0 atom stereocenters. The van der Waals surface area contributed by atoms with Gasteiger partial charge in [-0.1, -0.05) is 12.1 Å². The third-order valence-corrected chi connectivity index (χ3v) is 3.35. The molecule has 2 rings (SSSR count). The summed E-state index contributed by atoms with van der Waals surface area (Å²) in [6, 6.07) is 10.9. The summed E-state index contributed by atoms with van der Waals surface area (Å²) >= 11 is 0. The number of carbonyl (C=O) groups excluding carboxylic acids is 2. The lowest BCUT2D eigenvalue weighted by molar-refractivity contribution is -0.137. The first-order chi connectivity index (χ1) is 12.3. The lowest BCUT2D eigenvalue weighted by Gasteiger charge is -2.14. The van der Waals surface area contributed by atoms with Crippen molar-refractivity contribution in [3.8, 4) is 0 Å². The molecule has 26 heavy (non-hydrogen) atoms. The maximum Gasteiger partial charge on any atom is 0.418 e. The Bertz CT molecular complexity index is 774. The van der Waals surface area contributed by atoms with E-state index in [2.05, 4.69) is 10.6 Å². The highest BCUT2D eigenvalue weighted by molar-refractivity contribution is 5.95. The normalized spacial score (nSPS) is 10.9. The van der Waals surface area contributed by atoms with Gasteiger partial charge in [0.15, 0.2) is 0 Å². The van der Waals surface area contributed by atoms with Gasteiger partial charge >= 0.3 is 12.1 Å². The van der Waals surface area contributed by atoms with Crippen LogP contribution in [0.3, 0.4) is 0 Å². The number of halogens is 3. The lowest BCUT2D eigenvalue weighted by Crippen LogP contribution is -2.23. The van der Waals surface area contributed by atoms with Crippen molar-refractivity contribution in [2.45, 2.75) is 13.1 Å². The number of esters is 1. The van der Waals surface area contributed by atoms with E-state index in [1.807, 2.05) is 0 Å². The highest BCUT2D eigenvalue weighted by Gasteiger charge is 2.33. The number of anilines is 2. The number of para-hydroxylation sites is 1. The van der Waals surface area contributed by atoms with Crippen molar-refractivity contribution < 1.29 is 27.5 Å². The molecule has 0 aliphatic carbocycles. The molecule has 0 radical (unpaired) electrons. The Balaban J connectivity index is 1.95. The summed E-state index contributed by atoms with van der Waals surface area (Å²) in [5.41, 5.74) is -0.268. The van der Waals surface area contributed by atoms with Crippen LogP contribution in [-0.2, 0) is 15.7 Å². The smallest absolute Gasteiger partial charge is 0.418 e. The van der Waals surface area contributed by atoms with Gasteiger partial charge in [0.1, 0.15) is 0 Å². The molecule has 0 unspecified atom stereocenters. The van der Waals surface area contributed by atoms with Gasteiger partial charge in [-0.05, 0) is 43.3 Å². The lowest BCUT2D eigenvalue weighted by atomic mass is 10.1. The zero-order valence-corrected chi connectivity index (χ0v) is 13.9. The summed E-state index contributed by atoms with van der Waals surface area (Å²) < 4.78 is 43.5. The van der Waals surface area contributed by atoms with Crippen molar-refractivity contribution in [2.75, 3.05) is 23.8 Å². The third-order valence-electron chi connectivity index (χ3n) is 3.35. The molecule has 0 bridgehead atoms. The molecular formula is C18H17F3N2O3. The molecule has 5 nitrogen and oxygen atoms in total. The van der Waals surface area contributed by atoms with Gasteiger partial charge in [-0.3, -0.25) is 4.79 Å². The summed E-state index contributed by atoms with van der Waals surface area (Å²) in [5, 5.41) is 5.01. The Morgan fingerprint density at radius 3 is 2.31 bits per heavy atom. The fourth-order valence-electron chi connectivity index (χ4n) is 2.17. The molecule has 0 aromatic heterocycles. The predicted octanol–water partition coefficient (Wildman–Crippen LogP) is 3.93. The molecule has 138 valence electrons. The standard InChI is InChI=1S/C18H17F3N2O3/c1-2-26-17(25)12-7-9-13(10-8-12)23-16(24)11-22-15-6-4-3-5-14(15)18(19,20)21/h3-10,22H,2,11H2,1H3,(H,23,24). The topological polar surface area (TPSA) is 67.4 Å². The van der Waals surface area contributed by atoms with Crippen LogP contribution in [0.25, 0.3) is 0 Å². The van der Waals surface area contributed by atoms with Crippen LogP contribution < -0.4 is 10.6 Å². The number of nitrogens with one attached hydrogen (secondary N) is 2. The van der Waals surface area contributed by atoms with E-state index >= 15 is 0 Å². The van der Waals surface area contributed by atoms with Gasteiger partial charge in [0.25, 0.3) is 0 Å². The third kappa shape index (κ3) is 5.23. The van der Waals surface area contributed by atoms with E-state index in [0.717, 1.165) is 6.07 Å². The maximum atomic E-state index is 12.9. The van der Waals surface area contributed by atoms with Crippen molar-refractivity contribution in [1.82, 2.24) is 0 Å². The monoisotopic (exact) mass is 366 g/mol. The molecule has 2 aromatic carbocycles. The Morgan fingerprint density at radius 2 is 1.69 bits per heavy atom. The molecule has 2 aromatic rings. The fourth-order valence-corrected chi connectivity index (χ4v) is 2.17. The highest BCUT2D eigenvalue weighted by Crippen LogP contribution is 2.34. The molecular weight excluding hydrogens is 349 g/mol. The summed E-state index contributed by atoms with van der Waals surface area (Å²) in [5.74, 6) is -0.998. The van der Waals surface area contributed by atoms with E-state index in [1.54, 1.807) is 6.92 Å². The van der Waals surface area contributed by atoms with Gasteiger partial charge in [0.2, 0.25) is 5.91 Å². The molecule has 0 spiro atoms.